The highest BCUT2D eigenvalue weighted by molar-refractivity contribution is 14.0. The molecule has 0 radical (unpaired) electrons. The standard InChI is InChI=1S/C16H35N3O3.HI/c1-5-8-16(20,9-6-2)14-19-15(17-7-3)18-10-11-22-13-12-21-4;/h20H,5-14H2,1-4H3,(H2,17,18,19);1H. The fraction of sp³-hybridized carbons (Fsp3) is 0.938. The van der Waals surface area contributed by atoms with Crippen LogP contribution in [0.5, 0.6) is 0 Å². The Morgan fingerprint density at radius 2 is 1.70 bits per heavy atom. The quantitative estimate of drug-likeness (QED) is 0.175. The zero-order valence-corrected chi connectivity index (χ0v) is 17.5. The summed E-state index contributed by atoms with van der Waals surface area (Å²) >= 11 is 0. The summed E-state index contributed by atoms with van der Waals surface area (Å²) in [6.07, 6.45) is 3.49. The van der Waals surface area contributed by atoms with E-state index in [0.717, 1.165) is 38.2 Å². The van der Waals surface area contributed by atoms with E-state index in [9.17, 15) is 5.11 Å². The zero-order chi connectivity index (χ0) is 16.7. The normalized spacial score (nSPS) is 12.0. The minimum Gasteiger partial charge on any atom is -0.388 e. The molecule has 0 fully saturated rings. The summed E-state index contributed by atoms with van der Waals surface area (Å²) in [7, 11) is 1.66. The summed E-state index contributed by atoms with van der Waals surface area (Å²) in [6.45, 7) is 9.89. The Morgan fingerprint density at radius 1 is 1.04 bits per heavy atom. The van der Waals surface area contributed by atoms with Crippen LogP contribution < -0.4 is 10.6 Å². The van der Waals surface area contributed by atoms with Gasteiger partial charge in [0.2, 0.25) is 0 Å². The minimum absolute atomic E-state index is 0. The molecule has 7 heteroatoms. The molecule has 0 aromatic heterocycles. The molecule has 0 aromatic rings. The molecule has 23 heavy (non-hydrogen) atoms. The van der Waals surface area contributed by atoms with Crippen LogP contribution in [0.2, 0.25) is 0 Å². The van der Waals surface area contributed by atoms with Crippen molar-refractivity contribution in [3.8, 4) is 0 Å². The van der Waals surface area contributed by atoms with Gasteiger partial charge in [0.25, 0.3) is 0 Å². The lowest BCUT2D eigenvalue weighted by Gasteiger charge is -2.26. The largest absolute Gasteiger partial charge is 0.388 e. The summed E-state index contributed by atoms with van der Waals surface area (Å²) in [6, 6.07) is 0. The van der Waals surface area contributed by atoms with E-state index in [4.69, 9.17) is 9.47 Å². The fourth-order valence-electron chi connectivity index (χ4n) is 2.27. The molecule has 0 aliphatic carbocycles. The van der Waals surface area contributed by atoms with Crippen LogP contribution >= 0.6 is 24.0 Å². The van der Waals surface area contributed by atoms with Gasteiger partial charge in [-0.25, -0.2) is 0 Å². The van der Waals surface area contributed by atoms with Gasteiger partial charge in [-0.3, -0.25) is 4.99 Å². The third-order valence-corrected chi connectivity index (χ3v) is 3.28. The van der Waals surface area contributed by atoms with Gasteiger partial charge < -0.3 is 25.2 Å². The predicted molar refractivity (Wildman–Crippen MR) is 107 cm³/mol. The fourth-order valence-corrected chi connectivity index (χ4v) is 2.27. The van der Waals surface area contributed by atoms with Crippen LogP contribution in [-0.2, 0) is 9.47 Å². The average Bonchev–Trinajstić information content (AvgIpc) is 2.49. The zero-order valence-electron chi connectivity index (χ0n) is 15.2. The Balaban J connectivity index is 0. The molecule has 0 aliphatic heterocycles. The number of nitrogens with zero attached hydrogens (tertiary/aromatic N) is 1. The SMILES string of the molecule is CCCC(O)(CCC)CN=C(NCC)NCCOCCOC.I. The van der Waals surface area contributed by atoms with Crippen molar-refractivity contribution in [1.82, 2.24) is 10.6 Å². The molecule has 0 aromatic carbocycles. The maximum absolute atomic E-state index is 10.6. The highest BCUT2D eigenvalue weighted by atomic mass is 127. The van der Waals surface area contributed by atoms with Crippen molar-refractivity contribution in [2.75, 3.05) is 46.6 Å². The second kappa shape index (κ2) is 16.7. The van der Waals surface area contributed by atoms with Gasteiger partial charge in [0.1, 0.15) is 0 Å². The van der Waals surface area contributed by atoms with Crippen LogP contribution in [0.15, 0.2) is 4.99 Å². The second-order valence-corrected chi connectivity index (χ2v) is 5.45. The first-order valence-corrected chi connectivity index (χ1v) is 8.43. The Hall–Kier alpha value is -0.120. The summed E-state index contributed by atoms with van der Waals surface area (Å²) in [5, 5.41) is 17.0. The molecule has 0 bridgehead atoms. The van der Waals surface area contributed by atoms with Crippen molar-refractivity contribution in [1.29, 1.82) is 0 Å². The molecular weight excluding hydrogens is 409 g/mol. The van der Waals surface area contributed by atoms with Crippen LogP contribution in [0.25, 0.3) is 0 Å². The number of aliphatic hydroxyl groups is 1. The van der Waals surface area contributed by atoms with Crippen LogP contribution in [0.1, 0.15) is 46.5 Å². The van der Waals surface area contributed by atoms with Crippen LogP contribution in [0, 0.1) is 0 Å². The number of guanidine groups is 1. The number of hydrogen-bond donors (Lipinski definition) is 3. The Bertz CT molecular complexity index is 286. The molecule has 0 rings (SSSR count). The van der Waals surface area contributed by atoms with Gasteiger partial charge in [0.05, 0.1) is 32.0 Å². The summed E-state index contributed by atoms with van der Waals surface area (Å²) in [5.41, 5.74) is -0.694. The molecule has 0 heterocycles. The van der Waals surface area contributed by atoms with Crippen molar-refractivity contribution in [3.63, 3.8) is 0 Å². The molecule has 0 saturated heterocycles. The van der Waals surface area contributed by atoms with E-state index in [1.165, 1.54) is 0 Å². The van der Waals surface area contributed by atoms with Gasteiger partial charge in [0.15, 0.2) is 5.96 Å². The topological polar surface area (TPSA) is 75.1 Å². The monoisotopic (exact) mass is 445 g/mol. The molecule has 140 valence electrons. The van der Waals surface area contributed by atoms with E-state index in [1.54, 1.807) is 7.11 Å². The molecule has 0 aliphatic rings. The Kier molecular flexibility index (Phi) is 18.3. The van der Waals surface area contributed by atoms with Crippen LogP contribution in [-0.4, -0.2) is 63.2 Å². The van der Waals surface area contributed by atoms with Gasteiger partial charge in [-0.15, -0.1) is 24.0 Å². The summed E-state index contributed by atoms with van der Waals surface area (Å²) in [4.78, 5) is 4.52. The number of nitrogens with one attached hydrogen (secondary N) is 2. The summed E-state index contributed by atoms with van der Waals surface area (Å²) < 4.78 is 10.3. The lowest BCUT2D eigenvalue weighted by molar-refractivity contribution is 0.0305. The van der Waals surface area contributed by atoms with Gasteiger partial charge in [0, 0.05) is 20.2 Å². The van der Waals surface area contributed by atoms with Crippen molar-refractivity contribution in [2.45, 2.75) is 52.1 Å². The maximum atomic E-state index is 10.6. The highest BCUT2D eigenvalue weighted by Gasteiger charge is 2.24. The van der Waals surface area contributed by atoms with Crippen molar-refractivity contribution in [2.24, 2.45) is 4.99 Å². The van der Waals surface area contributed by atoms with E-state index in [0.29, 0.717) is 32.9 Å². The van der Waals surface area contributed by atoms with E-state index in [-0.39, 0.29) is 24.0 Å². The Labute approximate surface area is 158 Å². The molecule has 3 N–H and O–H groups in total. The molecule has 0 spiro atoms. The minimum atomic E-state index is -0.694. The lowest BCUT2D eigenvalue weighted by Crippen LogP contribution is -2.41. The first-order valence-electron chi connectivity index (χ1n) is 8.43. The van der Waals surface area contributed by atoms with Crippen LogP contribution in [0.3, 0.4) is 0 Å². The van der Waals surface area contributed by atoms with E-state index < -0.39 is 5.60 Å². The van der Waals surface area contributed by atoms with E-state index >= 15 is 0 Å². The first kappa shape index (κ1) is 25.1. The number of methoxy groups -OCH3 is 1. The number of aliphatic imine (C=N–C) groups is 1. The van der Waals surface area contributed by atoms with Gasteiger partial charge in [-0.1, -0.05) is 26.7 Å². The molecule has 0 amide bonds. The number of ether oxygens (including phenoxy) is 2. The van der Waals surface area contributed by atoms with Crippen molar-refractivity contribution >= 4 is 29.9 Å². The van der Waals surface area contributed by atoms with Gasteiger partial charge >= 0.3 is 0 Å². The van der Waals surface area contributed by atoms with Crippen molar-refractivity contribution in [3.05, 3.63) is 0 Å². The molecule has 6 nitrogen and oxygen atoms in total. The molecular formula is C16H36IN3O3. The lowest BCUT2D eigenvalue weighted by atomic mass is 9.93. The maximum Gasteiger partial charge on any atom is 0.191 e. The number of hydrogen-bond acceptors (Lipinski definition) is 4. The first-order chi connectivity index (χ1) is 10.6. The third kappa shape index (κ3) is 14.0. The third-order valence-electron chi connectivity index (χ3n) is 3.28. The second-order valence-electron chi connectivity index (χ2n) is 5.45. The van der Waals surface area contributed by atoms with Crippen LogP contribution in [0.4, 0.5) is 0 Å². The Morgan fingerprint density at radius 3 is 2.22 bits per heavy atom. The smallest absolute Gasteiger partial charge is 0.191 e. The summed E-state index contributed by atoms with van der Waals surface area (Å²) in [5.74, 6) is 0.725. The molecule has 0 saturated carbocycles. The van der Waals surface area contributed by atoms with E-state index in [2.05, 4.69) is 29.5 Å². The molecule has 0 atom stereocenters. The van der Waals surface area contributed by atoms with E-state index in [1.807, 2.05) is 6.92 Å². The highest BCUT2D eigenvalue weighted by Crippen LogP contribution is 2.19. The number of rotatable bonds is 13. The number of halogens is 1. The average molecular weight is 445 g/mol. The predicted octanol–water partition coefficient (Wildman–Crippen LogP) is 2.15. The van der Waals surface area contributed by atoms with Crippen molar-refractivity contribution < 1.29 is 14.6 Å². The van der Waals surface area contributed by atoms with Gasteiger partial charge in [-0.2, -0.15) is 0 Å². The van der Waals surface area contributed by atoms with Gasteiger partial charge in [-0.05, 0) is 19.8 Å². The molecule has 0 unspecified atom stereocenters.